The highest BCUT2D eigenvalue weighted by molar-refractivity contribution is 7.92. The molecular formula is C20H18ClN5O2S. The molecule has 0 radical (unpaired) electrons. The molecule has 0 aliphatic rings. The Morgan fingerprint density at radius 1 is 1.10 bits per heavy atom. The van der Waals surface area contributed by atoms with Crippen LogP contribution in [0.4, 0.5) is 11.5 Å². The van der Waals surface area contributed by atoms with Gasteiger partial charge in [0.2, 0.25) is 0 Å². The molecule has 7 nitrogen and oxygen atoms in total. The molecule has 0 spiro atoms. The van der Waals surface area contributed by atoms with Crippen molar-refractivity contribution >= 4 is 44.2 Å². The molecule has 4 rings (SSSR count). The Morgan fingerprint density at radius 3 is 2.55 bits per heavy atom. The summed E-state index contributed by atoms with van der Waals surface area (Å²) in [5.74, 6) is 0.393. The van der Waals surface area contributed by atoms with Crippen LogP contribution >= 0.6 is 11.6 Å². The van der Waals surface area contributed by atoms with E-state index in [4.69, 9.17) is 17.3 Å². The van der Waals surface area contributed by atoms with Crippen molar-refractivity contribution in [2.45, 2.75) is 11.8 Å². The van der Waals surface area contributed by atoms with Crippen LogP contribution in [0.3, 0.4) is 0 Å². The number of benzene rings is 2. The van der Waals surface area contributed by atoms with Crippen molar-refractivity contribution < 1.29 is 8.42 Å². The van der Waals surface area contributed by atoms with Gasteiger partial charge in [-0.1, -0.05) is 35.9 Å². The summed E-state index contributed by atoms with van der Waals surface area (Å²) >= 11 is 6.18. The smallest absolute Gasteiger partial charge is 0.263 e. The number of halogens is 1. The van der Waals surface area contributed by atoms with Gasteiger partial charge < -0.3 is 5.73 Å². The van der Waals surface area contributed by atoms with Crippen molar-refractivity contribution in [3.05, 3.63) is 65.3 Å². The van der Waals surface area contributed by atoms with Gasteiger partial charge in [0.05, 0.1) is 10.4 Å². The molecule has 0 fully saturated rings. The number of nitrogens with one attached hydrogen (secondary N) is 1. The maximum absolute atomic E-state index is 12.7. The Morgan fingerprint density at radius 2 is 1.83 bits per heavy atom. The van der Waals surface area contributed by atoms with Gasteiger partial charge in [0, 0.05) is 18.9 Å². The number of sulfonamides is 1. The Labute approximate surface area is 173 Å². The largest absolute Gasteiger partial charge is 0.382 e. The first-order valence-corrected chi connectivity index (χ1v) is 10.6. The summed E-state index contributed by atoms with van der Waals surface area (Å²) in [6.45, 7) is 1.76. The van der Waals surface area contributed by atoms with E-state index in [1.165, 1.54) is 6.07 Å². The molecule has 0 saturated heterocycles. The van der Waals surface area contributed by atoms with Crippen molar-refractivity contribution in [3.63, 3.8) is 0 Å². The molecule has 0 amide bonds. The van der Waals surface area contributed by atoms with E-state index in [0.717, 1.165) is 16.5 Å². The second-order valence-corrected chi connectivity index (χ2v) is 8.66. The van der Waals surface area contributed by atoms with Gasteiger partial charge in [-0.05, 0) is 47.9 Å². The van der Waals surface area contributed by atoms with Crippen LogP contribution in [0, 0.1) is 6.92 Å². The molecule has 0 unspecified atom stereocenters. The minimum atomic E-state index is -3.81. The van der Waals surface area contributed by atoms with Crippen LogP contribution in [0.1, 0.15) is 5.56 Å². The van der Waals surface area contributed by atoms with E-state index in [0.29, 0.717) is 22.7 Å². The summed E-state index contributed by atoms with van der Waals surface area (Å²) in [6, 6.07) is 13.8. The number of nitrogens with zero attached hydrogens (tertiary/aromatic N) is 3. The SMILES string of the molecule is Cc1cccc(S(=O)(=O)Nc2ccc(-c3ccnc4c3c(N)nn4C)cc2)c1Cl. The molecule has 3 N–H and O–H groups in total. The van der Waals surface area contributed by atoms with E-state index in [-0.39, 0.29) is 9.92 Å². The molecule has 0 atom stereocenters. The van der Waals surface area contributed by atoms with Crippen molar-refractivity contribution in [1.29, 1.82) is 0 Å². The molecule has 0 bridgehead atoms. The molecular weight excluding hydrogens is 410 g/mol. The first-order chi connectivity index (χ1) is 13.8. The molecule has 2 aromatic heterocycles. The standard InChI is InChI=1S/C20H18ClN5O2S/c1-12-4-3-5-16(18(12)21)29(27,28)25-14-8-6-13(7-9-14)15-10-11-23-20-17(15)19(22)24-26(20)2/h3-11,25H,1-2H3,(H2,22,24). The van der Waals surface area contributed by atoms with E-state index in [2.05, 4.69) is 14.8 Å². The van der Waals surface area contributed by atoms with Crippen molar-refractivity contribution in [3.8, 4) is 11.1 Å². The number of hydrogen-bond donors (Lipinski definition) is 2. The predicted octanol–water partition coefficient (Wildman–Crippen LogP) is 3.98. The van der Waals surface area contributed by atoms with Gasteiger partial charge in [-0.3, -0.25) is 4.72 Å². The number of hydrogen-bond acceptors (Lipinski definition) is 5. The number of rotatable bonds is 4. The summed E-state index contributed by atoms with van der Waals surface area (Å²) in [7, 11) is -2.03. The lowest BCUT2D eigenvalue weighted by atomic mass is 10.0. The predicted molar refractivity (Wildman–Crippen MR) is 115 cm³/mol. The van der Waals surface area contributed by atoms with E-state index in [1.54, 1.807) is 49.1 Å². The monoisotopic (exact) mass is 427 g/mol. The molecule has 0 saturated carbocycles. The summed E-state index contributed by atoms with van der Waals surface area (Å²) in [5.41, 5.74) is 9.59. The van der Waals surface area contributed by atoms with Gasteiger partial charge in [-0.2, -0.15) is 5.10 Å². The summed E-state index contributed by atoms with van der Waals surface area (Å²) in [5, 5.41) is 5.19. The lowest BCUT2D eigenvalue weighted by Crippen LogP contribution is -2.13. The van der Waals surface area contributed by atoms with Gasteiger partial charge in [-0.25, -0.2) is 18.1 Å². The summed E-state index contributed by atoms with van der Waals surface area (Å²) in [4.78, 5) is 4.36. The van der Waals surface area contributed by atoms with E-state index in [1.807, 2.05) is 18.2 Å². The first-order valence-electron chi connectivity index (χ1n) is 8.73. The van der Waals surface area contributed by atoms with Crippen LogP contribution < -0.4 is 10.5 Å². The van der Waals surface area contributed by atoms with Crippen LogP contribution in [-0.4, -0.2) is 23.2 Å². The number of pyridine rings is 1. The minimum Gasteiger partial charge on any atom is -0.382 e. The number of nitrogen functional groups attached to an aromatic ring is 1. The summed E-state index contributed by atoms with van der Waals surface area (Å²) in [6.07, 6.45) is 1.69. The van der Waals surface area contributed by atoms with Crippen LogP contribution in [0.5, 0.6) is 0 Å². The van der Waals surface area contributed by atoms with Crippen LogP contribution in [0.25, 0.3) is 22.2 Å². The quantitative estimate of drug-likeness (QED) is 0.512. The average molecular weight is 428 g/mol. The maximum atomic E-state index is 12.7. The number of fused-ring (bicyclic) bond motifs is 1. The molecule has 2 heterocycles. The molecule has 29 heavy (non-hydrogen) atoms. The Kier molecular flexibility index (Phi) is 4.68. The van der Waals surface area contributed by atoms with Gasteiger partial charge in [0.15, 0.2) is 11.5 Å². The van der Waals surface area contributed by atoms with Crippen molar-refractivity contribution in [2.24, 2.45) is 7.05 Å². The average Bonchev–Trinajstić information content (AvgIpc) is 2.98. The Balaban J connectivity index is 1.68. The zero-order chi connectivity index (χ0) is 20.8. The topological polar surface area (TPSA) is 103 Å². The van der Waals surface area contributed by atoms with Gasteiger partial charge in [0.1, 0.15) is 4.90 Å². The molecule has 0 aliphatic carbocycles. The highest BCUT2D eigenvalue weighted by Gasteiger charge is 2.19. The highest BCUT2D eigenvalue weighted by Crippen LogP contribution is 2.32. The second-order valence-electron chi connectivity index (χ2n) is 6.64. The van der Waals surface area contributed by atoms with Crippen LogP contribution in [-0.2, 0) is 17.1 Å². The zero-order valence-electron chi connectivity index (χ0n) is 15.7. The fourth-order valence-electron chi connectivity index (χ4n) is 3.20. The third-order valence-corrected chi connectivity index (χ3v) is 6.68. The fourth-order valence-corrected chi connectivity index (χ4v) is 4.85. The lowest BCUT2D eigenvalue weighted by Gasteiger charge is -2.11. The number of aromatic nitrogens is 3. The lowest BCUT2D eigenvalue weighted by molar-refractivity contribution is 0.601. The Bertz CT molecular complexity index is 1330. The molecule has 0 aliphatic heterocycles. The Hall–Kier alpha value is -3.10. The first kappa shape index (κ1) is 19.2. The third kappa shape index (κ3) is 3.41. The normalized spacial score (nSPS) is 11.7. The number of anilines is 2. The fraction of sp³-hybridized carbons (Fsp3) is 0.100. The summed E-state index contributed by atoms with van der Waals surface area (Å²) < 4.78 is 29.6. The number of nitrogens with two attached hydrogens (primary N) is 1. The molecule has 4 aromatic rings. The van der Waals surface area contributed by atoms with Crippen LogP contribution in [0.2, 0.25) is 5.02 Å². The minimum absolute atomic E-state index is 0.0437. The number of aryl methyl sites for hydroxylation is 2. The van der Waals surface area contributed by atoms with E-state index in [9.17, 15) is 8.42 Å². The van der Waals surface area contributed by atoms with Crippen molar-refractivity contribution in [2.75, 3.05) is 10.5 Å². The van der Waals surface area contributed by atoms with E-state index >= 15 is 0 Å². The maximum Gasteiger partial charge on any atom is 0.263 e. The van der Waals surface area contributed by atoms with Gasteiger partial charge >= 0.3 is 0 Å². The molecule has 9 heteroatoms. The van der Waals surface area contributed by atoms with Gasteiger partial charge in [0.25, 0.3) is 10.0 Å². The van der Waals surface area contributed by atoms with Crippen LogP contribution in [0.15, 0.2) is 59.6 Å². The molecule has 148 valence electrons. The van der Waals surface area contributed by atoms with E-state index < -0.39 is 10.0 Å². The molecule has 2 aromatic carbocycles. The van der Waals surface area contributed by atoms with Gasteiger partial charge in [-0.15, -0.1) is 0 Å². The zero-order valence-corrected chi connectivity index (χ0v) is 17.3. The third-order valence-electron chi connectivity index (χ3n) is 4.65. The van der Waals surface area contributed by atoms with Crippen molar-refractivity contribution in [1.82, 2.24) is 14.8 Å². The second kappa shape index (κ2) is 7.06. The highest BCUT2D eigenvalue weighted by atomic mass is 35.5.